The Kier molecular flexibility index (Phi) is 4.95. The quantitative estimate of drug-likeness (QED) is 0.909. The number of nitrogens with zero attached hydrogens (tertiary/aromatic N) is 2. The molecule has 1 unspecified atom stereocenters. The molecule has 1 atom stereocenters. The molecule has 0 radical (unpaired) electrons. The van der Waals surface area contributed by atoms with Gasteiger partial charge in [-0.25, -0.2) is 4.98 Å². The van der Waals surface area contributed by atoms with Gasteiger partial charge in [0.1, 0.15) is 5.82 Å². The van der Waals surface area contributed by atoms with Crippen molar-refractivity contribution in [3.05, 3.63) is 53.1 Å². The molecule has 0 bridgehead atoms. The standard InChI is InChI=1S/C19H24ClN3O/c1-19(2,12-14-5-3-7-16(20)11-14)18(24)23-10-4-6-15(13-23)17-21-8-9-22-17/h3,5,7-9,11,15H,4,6,10,12-13H2,1-2H3,(H,21,22). The number of carbonyl (C=O) groups is 1. The smallest absolute Gasteiger partial charge is 0.228 e. The topological polar surface area (TPSA) is 49.0 Å². The maximum Gasteiger partial charge on any atom is 0.228 e. The number of carbonyl (C=O) groups excluding carboxylic acids is 1. The van der Waals surface area contributed by atoms with E-state index in [0.29, 0.717) is 17.4 Å². The fourth-order valence-corrected chi connectivity index (χ4v) is 3.76. The van der Waals surface area contributed by atoms with Crippen molar-refractivity contribution in [2.24, 2.45) is 5.41 Å². The maximum absolute atomic E-state index is 13.1. The van der Waals surface area contributed by atoms with Crippen molar-refractivity contribution in [3.63, 3.8) is 0 Å². The second kappa shape index (κ2) is 6.98. The van der Waals surface area contributed by atoms with Gasteiger partial charge in [-0.3, -0.25) is 4.79 Å². The molecule has 1 aliphatic rings. The Balaban J connectivity index is 1.69. The Morgan fingerprint density at radius 2 is 2.29 bits per heavy atom. The Morgan fingerprint density at radius 1 is 1.46 bits per heavy atom. The van der Waals surface area contributed by atoms with E-state index in [2.05, 4.69) is 9.97 Å². The average Bonchev–Trinajstić information content (AvgIpc) is 3.08. The molecule has 0 saturated carbocycles. The minimum atomic E-state index is -0.449. The second-order valence-electron chi connectivity index (χ2n) is 7.26. The summed E-state index contributed by atoms with van der Waals surface area (Å²) < 4.78 is 0. The highest BCUT2D eigenvalue weighted by Gasteiger charge is 2.35. The molecule has 0 spiro atoms. The van der Waals surface area contributed by atoms with Crippen LogP contribution in [0, 0.1) is 5.41 Å². The van der Waals surface area contributed by atoms with E-state index in [4.69, 9.17) is 11.6 Å². The van der Waals surface area contributed by atoms with Crippen LogP contribution in [0.15, 0.2) is 36.7 Å². The first kappa shape index (κ1) is 17.0. The van der Waals surface area contributed by atoms with E-state index in [9.17, 15) is 4.79 Å². The van der Waals surface area contributed by atoms with Crippen molar-refractivity contribution >= 4 is 17.5 Å². The van der Waals surface area contributed by atoms with Gasteiger partial charge in [-0.1, -0.05) is 37.6 Å². The molecule has 1 N–H and O–H groups in total. The lowest BCUT2D eigenvalue weighted by Crippen LogP contribution is -2.46. The number of amides is 1. The van der Waals surface area contributed by atoms with Crippen LogP contribution >= 0.6 is 11.6 Å². The minimum absolute atomic E-state index is 0.207. The summed E-state index contributed by atoms with van der Waals surface area (Å²) in [4.78, 5) is 22.6. The largest absolute Gasteiger partial charge is 0.348 e. The molecule has 1 fully saturated rings. The van der Waals surface area contributed by atoms with Crippen molar-refractivity contribution < 1.29 is 4.79 Å². The van der Waals surface area contributed by atoms with Crippen LogP contribution in [-0.4, -0.2) is 33.9 Å². The zero-order valence-electron chi connectivity index (χ0n) is 14.3. The van der Waals surface area contributed by atoms with Crippen LogP contribution in [0.3, 0.4) is 0 Å². The summed E-state index contributed by atoms with van der Waals surface area (Å²) >= 11 is 6.07. The fraction of sp³-hybridized carbons (Fsp3) is 0.474. The zero-order valence-corrected chi connectivity index (χ0v) is 15.0. The van der Waals surface area contributed by atoms with Crippen LogP contribution in [-0.2, 0) is 11.2 Å². The summed E-state index contributed by atoms with van der Waals surface area (Å²) in [5, 5.41) is 0.714. The van der Waals surface area contributed by atoms with Crippen LogP contribution < -0.4 is 0 Å². The van der Waals surface area contributed by atoms with E-state index in [1.165, 1.54) is 0 Å². The number of imidazole rings is 1. The summed E-state index contributed by atoms with van der Waals surface area (Å²) in [6, 6.07) is 7.77. The summed E-state index contributed by atoms with van der Waals surface area (Å²) in [6.07, 6.45) is 6.41. The van der Waals surface area contributed by atoms with Crippen molar-refractivity contribution in [2.45, 2.75) is 39.0 Å². The molecule has 24 heavy (non-hydrogen) atoms. The van der Waals surface area contributed by atoms with E-state index in [1.807, 2.05) is 49.2 Å². The molecule has 5 heteroatoms. The molecule has 3 rings (SSSR count). The maximum atomic E-state index is 13.1. The lowest BCUT2D eigenvalue weighted by molar-refractivity contribution is -0.141. The minimum Gasteiger partial charge on any atom is -0.348 e. The molecule has 1 amide bonds. The van der Waals surface area contributed by atoms with Crippen molar-refractivity contribution in [1.29, 1.82) is 0 Å². The zero-order chi connectivity index (χ0) is 17.2. The first-order valence-electron chi connectivity index (χ1n) is 8.49. The molecule has 1 aromatic carbocycles. The number of likely N-dealkylation sites (tertiary alicyclic amines) is 1. The van der Waals surface area contributed by atoms with E-state index in [1.54, 1.807) is 6.20 Å². The third kappa shape index (κ3) is 3.81. The summed E-state index contributed by atoms with van der Waals surface area (Å²) in [7, 11) is 0. The van der Waals surface area contributed by atoms with Crippen LogP contribution in [0.25, 0.3) is 0 Å². The average molecular weight is 346 g/mol. The van der Waals surface area contributed by atoms with Crippen molar-refractivity contribution in [1.82, 2.24) is 14.9 Å². The molecule has 0 aliphatic carbocycles. The number of nitrogens with one attached hydrogen (secondary N) is 1. The van der Waals surface area contributed by atoms with Crippen LogP contribution in [0.2, 0.25) is 5.02 Å². The predicted molar refractivity (Wildman–Crippen MR) is 96.1 cm³/mol. The lowest BCUT2D eigenvalue weighted by Gasteiger charge is -2.37. The number of aromatic nitrogens is 2. The van der Waals surface area contributed by atoms with Crippen molar-refractivity contribution in [2.75, 3.05) is 13.1 Å². The number of piperidine rings is 1. The molecule has 128 valence electrons. The highest BCUT2D eigenvalue weighted by molar-refractivity contribution is 6.30. The van der Waals surface area contributed by atoms with Gasteiger partial charge >= 0.3 is 0 Å². The first-order chi connectivity index (χ1) is 11.5. The number of rotatable bonds is 4. The van der Waals surface area contributed by atoms with E-state index < -0.39 is 5.41 Å². The third-order valence-electron chi connectivity index (χ3n) is 4.73. The second-order valence-corrected chi connectivity index (χ2v) is 7.69. The summed E-state index contributed by atoms with van der Waals surface area (Å²) in [6.45, 7) is 5.61. The van der Waals surface area contributed by atoms with Crippen molar-refractivity contribution in [3.8, 4) is 0 Å². The number of aromatic amines is 1. The Labute approximate surface area is 148 Å². The van der Waals surface area contributed by atoms with Gasteiger partial charge < -0.3 is 9.88 Å². The molecule has 1 aromatic heterocycles. The Hall–Kier alpha value is -1.81. The monoisotopic (exact) mass is 345 g/mol. The van der Waals surface area contributed by atoms with Gasteiger partial charge in [0.2, 0.25) is 5.91 Å². The SMILES string of the molecule is CC(C)(Cc1cccc(Cl)c1)C(=O)N1CCCC(c2ncc[nH]2)C1. The Bertz CT molecular complexity index is 696. The molecular weight excluding hydrogens is 322 g/mol. The molecule has 2 aromatic rings. The van der Waals surface area contributed by atoms with Crippen LogP contribution in [0.1, 0.15) is 44.0 Å². The Morgan fingerprint density at radius 3 is 3.00 bits per heavy atom. The van der Waals surface area contributed by atoms with Crippen LogP contribution in [0.4, 0.5) is 0 Å². The first-order valence-corrected chi connectivity index (χ1v) is 8.86. The number of hydrogen-bond acceptors (Lipinski definition) is 2. The summed E-state index contributed by atoms with van der Waals surface area (Å²) in [5.74, 6) is 1.50. The van der Waals surface area contributed by atoms with Gasteiger partial charge in [0.05, 0.1) is 0 Å². The number of benzene rings is 1. The molecule has 4 nitrogen and oxygen atoms in total. The number of halogens is 1. The lowest BCUT2D eigenvalue weighted by atomic mass is 9.83. The number of hydrogen-bond donors (Lipinski definition) is 1. The van der Waals surface area contributed by atoms with Crippen LogP contribution in [0.5, 0.6) is 0 Å². The summed E-state index contributed by atoms with van der Waals surface area (Å²) in [5.41, 5.74) is 0.649. The van der Waals surface area contributed by atoms with Gasteiger partial charge in [-0.05, 0) is 37.0 Å². The molecule has 1 saturated heterocycles. The van der Waals surface area contributed by atoms with Gasteiger partial charge in [0.25, 0.3) is 0 Å². The highest BCUT2D eigenvalue weighted by atomic mass is 35.5. The van der Waals surface area contributed by atoms with Gasteiger partial charge in [-0.15, -0.1) is 0 Å². The predicted octanol–water partition coefficient (Wildman–Crippen LogP) is 4.04. The van der Waals surface area contributed by atoms with Gasteiger partial charge in [-0.2, -0.15) is 0 Å². The van der Waals surface area contributed by atoms with Gasteiger partial charge in [0, 0.05) is 41.8 Å². The highest BCUT2D eigenvalue weighted by Crippen LogP contribution is 2.30. The van der Waals surface area contributed by atoms with E-state index in [0.717, 1.165) is 37.3 Å². The number of H-pyrrole nitrogens is 1. The third-order valence-corrected chi connectivity index (χ3v) is 4.96. The van der Waals surface area contributed by atoms with E-state index >= 15 is 0 Å². The normalized spacial score (nSPS) is 18.6. The molecule has 1 aliphatic heterocycles. The fourth-order valence-electron chi connectivity index (χ4n) is 3.55. The van der Waals surface area contributed by atoms with E-state index in [-0.39, 0.29) is 5.91 Å². The molecule has 2 heterocycles. The molecular formula is C19H24ClN3O. The van der Waals surface area contributed by atoms with Gasteiger partial charge in [0.15, 0.2) is 0 Å².